The molecule has 3 heterocycles. The number of nitrogens with one attached hydrogen (secondary N) is 1. The molecule has 6 rings (SSSR count). The summed E-state index contributed by atoms with van der Waals surface area (Å²) in [4.78, 5) is 30.9. The Hall–Kier alpha value is -3.12. The molecular formula is C35H45ClN4O6S. The predicted molar refractivity (Wildman–Crippen MR) is 182 cm³/mol. The number of carbonyl (C=O) groups is 2. The second-order valence-corrected chi connectivity index (χ2v) is 15.7. The minimum absolute atomic E-state index is 0.0885. The SMILES string of the molecule is CO[C@H]1/C=C/COC(C)(C)C(=O)N=[S@@](=O)(NC(=O)N2CCC2)c2ccc3c(c2)N(CCCCc2cc(Cl)ccc2CO3)C[C@@H]2CC[C@H]21. The van der Waals surface area contributed by atoms with E-state index in [1.807, 2.05) is 30.4 Å². The van der Waals surface area contributed by atoms with Crippen LogP contribution in [0, 0.1) is 11.8 Å². The first-order valence-corrected chi connectivity index (χ1v) is 18.5. The fourth-order valence-electron chi connectivity index (χ4n) is 6.59. The molecule has 47 heavy (non-hydrogen) atoms. The number of rotatable bonds is 2. The lowest BCUT2D eigenvalue weighted by molar-refractivity contribution is -0.137. The maximum atomic E-state index is 14.8. The smallest absolute Gasteiger partial charge is 0.330 e. The summed E-state index contributed by atoms with van der Waals surface area (Å²) in [5.41, 5.74) is 1.60. The van der Waals surface area contributed by atoms with E-state index in [9.17, 15) is 13.8 Å². The van der Waals surface area contributed by atoms with Crippen LogP contribution in [-0.2, 0) is 37.2 Å². The molecule has 0 unspecified atom stereocenters. The summed E-state index contributed by atoms with van der Waals surface area (Å²) in [6.07, 6.45) is 9.52. The third-order valence-electron chi connectivity index (χ3n) is 9.85. The number of methoxy groups -OCH3 is 1. The lowest BCUT2D eigenvalue weighted by atomic mass is 9.70. The summed E-state index contributed by atoms with van der Waals surface area (Å²) in [6, 6.07) is 10.6. The molecule has 2 aromatic carbocycles. The molecule has 1 aliphatic carbocycles. The number of benzene rings is 2. The van der Waals surface area contributed by atoms with E-state index in [4.69, 9.17) is 25.8 Å². The molecule has 1 N–H and O–H groups in total. The van der Waals surface area contributed by atoms with Crippen molar-refractivity contribution in [2.75, 3.05) is 44.8 Å². The molecule has 12 heteroatoms. The standard InChI is InChI=1S/C35H45ClN4O6S/c1-35(2)33(41)37-47(43,38-34(42)39-17-7-18-39)28-13-15-32-30(21-28)40(22-25-11-14-29(25)31(44-3)9-6-19-46-35)16-5-4-8-24-20-27(36)12-10-26(24)23-45-32/h6,9-10,12-13,15,20-21,25,29,31H,4-5,7-8,11,14,16-19,22-23H2,1-3H3,(H,37,38,41,42,43)/b9-6+/t25-,29+,31-,47+/m0/s1. The van der Waals surface area contributed by atoms with Gasteiger partial charge in [-0.15, -0.1) is 4.36 Å². The van der Waals surface area contributed by atoms with Crippen LogP contribution in [0.1, 0.15) is 57.1 Å². The highest BCUT2D eigenvalue weighted by Gasteiger charge is 2.38. The van der Waals surface area contributed by atoms with Crippen LogP contribution in [0.2, 0.25) is 5.02 Å². The Morgan fingerprint density at radius 1 is 1.09 bits per heavy atom. The quantitative estimate of drug-likeness (QED) is 0.378. The molecule has 254 valence electrons. The van der Waals surface area contributed by atoms with Crippen LogP contribution in [-0.4, -0.2) is 72.6 Å². The van der Waals surface area contributed by atoms with Crippen molar-refractivity contribution in [3.8, 4) is 5.75 Å². The van der Waals surface area contributed by atoms with Gasteiger partial charge in [0.05, 0.1) is 23.3 Å². The summed E-state index contributed by atoms with van der Waals surface area (Å²) in [5, 5.41) is 0.703. The zero-order chi connectivity index (χ0) is 33.2. The molecule has 1 saturated heterocycles. The van der Waals surface area contributed by atoms with Gasteiger partial charge in [-0.05, 0) is 106 Å². The normalized spacial score (nSPS) is 28.5. The van der Waals surface area contributed by atoms with Gasteiger partial charge >= 0.3 is 6.03 Å². The Balaban J connectivity index is 1.47. The van der Waals surface area contributed by atoms with Crippen molar-refractivity contribution in [2.24, 2.45) is 16.2 Å². The van der Waals surface area contributed by atoms with Crippen LogP contribution < -0.4 is 14.4 Å². The van der Waals surface area contributed by atoms with Crippen molar-refractivity contribution in [3.63, 3.8) is 0 Å². The molecule has 3 amide bonds. The Morgan fingerprint density at radius 2 is 1.91 bits per heavy atom. The molecule has 2 aromatic rings. The number of aryl methyl sites for hydroxylation is 1. The summed E-state index contributed by atoms with van der Waals surface area (Å²) in [5.74, 6) is 0.567. The van der Waals surface area contributed by atoms with E-state index in [0.717, 1.165) is 62.9 Å². The first-order chi connectivity index (χ1) is 22.6. The third kappa shape index (κ3) is 7.48. The molecular weight excluding hydrogens is 640 g/mol. The van der Waals surface area contributed by atoms with Gasteiger partial charge in [-0.25, -0.2) is 13.7 Å². The lowest BCUT2D eigenvalue weighted by Crippen LogP contribution is -2.49. The van der Waals surface area contributed by atoms with Gasteiger partial charge in [0.15, 0.2) is 9.92 Å². The highest BCUT2D eigenvalue weighted by Crippen LogP contribution is 2.42. The van der Waals surface area contributed by atoms with E-state index in [-0.39, 0.29) is 17.6 Å². The first kappa shape index (κ1) is 33.8. The lowest BCUT2D eigenvalue weighted by Gasteiger charge is -2.43. The zero-order valence-corrected chi connectivity index (χ0v) is 29.0. The van der Waals surface area contributed by atoms with E-state index in [1.165, 1.54) is 5.56 Å². The largest absolute Gasteiger partial charge is 0.487 e. The monoisotopic (exact) mass is 684 g/mol. The zero-order valence-electron chi connectivity index (χ0n) is 27.4. The van der Waals surface area contributed by atoms with E-state index in [0.29, 0.717) is 42.3 Å². The number of amides is 3. The molecule has 10 nitrogen and oxygen atoms in total. The number of likely N-dealkylation sites (tertiary alicyclic amines) is 1. The second kappa shape index (κ2) is 14.2. The van der Waals surface area contributed by atoms with E-state index >= 15 is 0 Å². The maximum Gasteiger partial charge on any atom is 0.330 e. The van der Waals surface area contributed by atoms with Crippen LogP contribution in [0.15, 0.2) is 57.8 Å². The van der Waals surface area contributed by atoms with Gasteiger partial charge in [-0.1, -0.05) is 29.8 Å². The Morgan fingerprint density at radius 3 is 2.64 bits per heavy atom. The molecule has 0 radical (unpaired) electrons. The topological polar surface area (TPSA) is 110 Å². The van der Waals surface area contributed by atoms with Crippen LogP contribution in [0.4, 0.5) is 10.5 Å². The van der Waals surface area contributed by atoms with Gasteiger partial charge in [0.25, 0.3) is 5.91 Å². The van der Waals surface area contributed by atoms with Crippen molar-refractivity contribution in [2.45, 2.75) is 75.6 Å². The summed E-state index contributed by atoms with van der Waals surface area (Å²) in [7, 11) is -2.03. The average molecular weight is 685 g/mol. The summed E-state index contributed by atoms with van der Waals surface area (Å²) in [6.45, 7) is 6.29. The van der Waals surface area contributed by atoms with E-state index in [1.54, 1.807) is 44.1 Å². The number of halogens is 1. The number of hydrogen-bond acceptors (Lipinski definition) is 7. The maximum absolute atomic E-state index is 14.8. The highest BCUT2D eigenvalue weighted by molar-refractivity contribution is 7.92. The highest BCUT2D eigenvalue weighted by atomic mass is 35.5. The predicted octanol–water partition coefficient (Wildman–Crippen LogP) is 6.15. The number of nitrogens with zero attached hydrogens (tertiary/aromatic N) is 3. The van der Waals surface area contributed by atoms with Crippen molar-refractivity contribution in [3.05, 3.63) is 64.7 Å². The minimum atomic E-state index is -3.76. The van der Waals surface area contributed by atoms with Crippen molar-refractivity contribution < 1.29 is 28.0 Å². The number of carbonyl (C=O) groups excluding carboxylic acids is 2. The van der Waals surface area contributed by atoms with E-state index in [2.05, 4.69) is 14.0 Å². The van der Waals surface area contributed by atoms with E-state index < -0.39 is 27.5 Å². The van der Waals surface area contributed by atoms with Crippen LogP contribution in [0.5, 0.6) is 5.75 Å². The molecule has 4 aliphatic rings. The molecule has 4 atom stereocenters. The fourth-order valence-corrected chi connectivity index (χ4v) is 8.40. The molecule has 0 spiro atoms. The van der Waals surface area contributed by atoms with Crippen molar-refractivity contribution in [1.29, 1.82) is 0 Å². The van der Waals surface area contributed by atoms with Crippen molar-refractivity contribution in [1.82, 2.24) is 9.62 Å². The van der Waals surface area contributed by atoms with Gasteiger partial charge in [-0.2, -0.15) is 0 Å². The van der Waals surface area contributed by atoms with Gasteiger partial charge in [0, 0.05) is 38.3 Å². The van der Waals surface area contributed by atoms with Gasteiger partial charge in [0.2, 0.25) is 0 Å². The number of urea groups is 1. The van der Waals surface area contributed by atoms with Gasteiger partial charge in [-0.3, -0.25) is 4.79 Å². The van der Waals surface area contributed by atoms with Crippen molar-refractivity contribution >= 4 is 39.1 Å². The second-order valence-electron chi connectivity index (χ2n) is 13.4. The molecule has 1 saturated carbocycles. The molecule has 2 bridgehead atoms. The Bertz CT molecular complexity index is 1650. The number of hydrogen-bond donors (Lipinski definition) is 1. The summed E-state index contributed by atoms with van der Waals surface area (Å²) >= 11 is 6.36. The van der Waals surface area contributed by atoms with Gasteiger partial charge in [0.1, 0.15) is 18.0 Å². The minimum Gasteiger partial charge on any atom is -0.487 e. The first-order valence-electron chi connectivity index (χ1n) is 16.6. The fraction of sp³-hybridized carbons (Fsp3) is 0.543. The number of anilines is 1. The van der Waals surface area contributed by atoms with Crippen LogP contribution in [0.25, 0.3) is 0 Å². The molecule has 3 aliphatic heterocycles. The van der Waals surface area contributed by atoms with Crippen LogP contribution >= 0.6 is 11.6 Å². The number of fused-ring (bicyclic) bond motifs is 3. The number of ether oxygens (including phenoxy) is 3. The average Bonchev–Trinajstić information content (AvgIpc) is 3.02. The van der Waals surface area contributed by atoms with Crippen LogP contribution in [0.3, 0.4) is 0 Å². The Kier molecular flexibility index (Phi) is 10.2. The third-order valence-corrected chi connectivity index (χ3v) is 11.9. The Labute approximate surface area is 283 Å². The summed E-state index contributed by atoms with van der Waals surface area (Å²) < 4.78 is 40.1. The molecule has 2 fully saturated rings. The molecule has 0 aromatic heterocycles. The van der Waals surface area contributed by atoms with Gasteiger partial charge < -0.3 is 24.0 Å².